The van der Waals surface area contributed by atoms with Crippen LogP contribution in [-0.4, -0.2) is 24.5 Å². The Labute approximate surface area is 206 Å². The highest BCUT2D eigenvalue weighted by atomic mass is 79.9. The molecule has 0 saturated heterocycles. The van der Waals surface area contributed by atoms with Gasteiger partial charge >= 0.3 is 0 Å². The van der Waals surface area contributed by atoms with Gasteiger partial charge in [-0.05, 0) is 63.0 Å². The maximum atomic E-state index is 12.3. The van der Waals surface area contributed by atoms with Gasteiger partial charge in [0.2, 0.25) is 0 Å². The molecular weight excluding hydrogens is 496 g/mol. The Morgan fingerprint density at radius 3 is 2.26 bits per heavy atom. The second-order valence-corrected chi connectivity index (χ2v) is 8.37. The molecular formula is C27H23BrN2O4. The van der Waals surface area contributed by atoms with Crippen LogP contribution in [0.5, 0.6) is 11.5 Å². The molecule has 1 unspecified atom stereocenters. The molecule has 6 nitrogen and oxygen atoms in total. The van der Waals surface area contributed by atoms with E-state index >= 15 is 0 Å². The van der Waals surface area contributed by atoms with Crippen LogP contribution in [0.25, 0.3) is 21.9 Å². The summed E-state index contributed by atoms with van der Waals surface area (Å²) in [6.45, 7) is 1.35. The van der Waals surface area contributed by atoms with Crippen LogP contribution in [0.3, 0.4) is 0 Å². The molecule has 0 aliphatic carbocycles. The second-order valence-electron chi connectivity index (χ2n) is 7.58. The van der Waals surface area contributed by atoms with Gasteiger partial charge in [-0.3, -0.25) is 20.4 Å². The molecule has 4 aromatic rings. The largest absolute Gasteiger partial charge is 0.483 e. The molecule has 0 aromatic heterocycles. The summed E-state index contributed by atoms with van der Waals surface area (Å²) >= 11 is 3.52. The Balaban J connectivity index is 1.24. The molecule has 4 aromatic carbocycles. The van der Waals surface area contributed by atoms with E-state index in [1.165, 1.54) is 0 Å². The summed E-state index contributed by atoms with van der Waals surface area (Å²) in [6.07, 6.45) is -0.807. The smallest absolute Gasteiger partial charge is 0.279 e. The van der Waals surface area contributed by atoms with Crippen molar-refractivity contribution in [2.45, 2.75) is 13.0 Å². The monoisotopic (exact) mass is 518 g/mol. The van der Waals surface area contributed by atoms with Gasteiger partial charge in [0.25, 0.3) is 11.8 Å². The van der Waals surface area contributed by atoms with E-state index in [1.54, 1.807) is 25.1 Å². The molecule has 34 heavy (non-hydrogen) atoms. The number of hydrazine groups is 1. The summed E-state index contributed by atoms with van der Waals surface area (Å²) in [5, 5.41) is 2.04. The average Bonchev–Trinajstić information content (AvgIpc) is 2.88. The molecule has 2 amide bonds. The number of amides is 2. The summed E-state index contributed by atoms with van der Waals surface area (Å²) in [4.78, 5) is 24.5. The van der Waals surface area contributed by atoms with Crippen molar-refractivity contribution < 1.29 is 19.1 Å². The van der Waals surface area contributed by atoms with Crippen molar-refractivity contribution in [3.8, 4) is 22.6 Å². The predicted octanol–water partition coefficient (Wildman–Crippen LogP) is 5.26. The molecule has 0 fully saturated rings. The first kappa shape index (κ1) is 23.3. The summed E-state index contributed by atoms with van der Waals surface area (Å²) in [5.74, 6) is 0.120. The van der Waals surface area contributed by atoms with Gasteiger partial charge in [0, 0.05) is 0 Å². The minimum atomic E-state index is -0.807. The number of benzene rings is 4. The first-order chi connectivity index (χ1) is 16.5. The molecule has 172 valence electrons. The lowest BCUT2D eigenvalue weighted by atomic mass is 10.1. The predicted molar refractivity (Wildman–Crippen MR) is 135 cm³/mol. The number of nitrogens with one attached hydrogen (secondary N) is 2. The zero-order valence-corrected chi connectivity index (χ0v) is 20.0. The van der Waals surface area contributed by atoms with Gasteiger partial charge in [0.05, 0.1) is 4.47 Å². The van der Waals surface area contributed by atoms with E-state index in [9.17, 15) is 9.59 Å². The lowest BCUT2D eigenvalue weighted by Gasteiger charge is -2.16. The number of hydrogen-bond donors (Lipinski definition) is 2. The number of halogens is 1. The molecule has 2 N–H and O–H groups in total. The minimum absolute atomic E-state index is 0.257. The molecule has 0 heterocycles. The standard InChI is InChI=1S/C27H23BrN2O4/c1-18(34-22-14-11-20(12-15-22)19-7-3-2-4-8-19)27(32)30-29-25(31)17-33-24-16-13-21-9-5-6-10-23(21)26(24)28/h2-16,18H,17H2,1H3,(H,29,31)(H,30,32). The van der Waals surface area contributed by atoms with Crippen molar-refractivity contribution in [2.24, 2.45) is 0 Å². The van der Waals surface area contributed by atoms with Crippen molar-refractivity contribution in [3.63, 3.8) is 0 Å². The summed E-state index contributed by atoms with van der Waals surface area (Å²) < 4.78 is 12.1. The topological polar surface area (TPSA) is 76.7 Å². The Morgan fingerprint density at radius 1 is 0.824 bits per heavy atom. The van der Waals surface area contributed by atoms with Gasteiger partial charge in [-0.1, -0.05) is 72.8 Å². The number of carbonyl (C=O) groups excluding carboxylic acids is 2. The third-order valence-corrected chi connectivity index (χ3v) is 5.97. The van der Waals surface area contributed by atoms with Crippen molar-refractivity contribution in [1.82, 2.24) is 10.9 Å². The van der Waals surface area contributed by atoms with Crippen molar-refractivity contribution in [1.29, 1.82) is 0 Å². The van der Waals surface area contributed by atoms with E-state index in [4.69, 9.17) is 9.47 Å². The van der Waals surface area contributed by atoms with E-state index in [0.29, 0.717) is 11.5 Å². The van der Waals surface area contributed by atoms with Gasteiger partial charge in [-0.25, -0.2) is 0 Å². The highest BCUT2D eigenvalue weighted by Crippen LogP contribution is 2.33. The molecule has 7 heteroatoms. The summed E-state index contributed by atoms with van der Waals surface area (Å²) in [6, 6.07) is 29.0. The molecule has 0 radical (unpaired) electrons. The molecule has 0 spiro atoms. The number of carbonyl (C=O) groups is 2. The number of fused-ring (bicyclic) bond motifs is 1. The second kappa shape index (κ2) is 10.9. The molecule has 4 rings (SSSR count). The van der Waals surface area contributed by atoms with E-state index in [-0.39, 0.29) is 6.61 Å². The lowest BCUT2D eigenvalue weighted by Crippen LogP contribution is -2.48. The minimum Gasteiger partial charge on any atom is -0.483 e. The zero-order chi connectivity index (χ0) is 23.9. The fourth-order valence-corrected chi connectivity index (χ4v) is 3.96. The Kier molecular flexibility index (Phi) is 7.44. The van der Waals surface area contributed by atoms with Crippen LogP contribution in [0.1, 0.15) is 6.92 Å². The van der Waals surface area contributed by atoms with E-state index < -0.39 is 17.9 Å². The van der Waals surface area contributed by atoms with Gasteiger partial charge in [0.15, 0.2) is 12.7 Å². The quantitative estimate of drug-likeness (QED) is 0.327. The molecule has 1 atom stereocenters. The molecule has 0 aliphatic rings. The SMILES string of the molecule is CC(Oc1ccc(-c2ccccc2)cc1)C(=O)NNC(=O)COc1ccc2ccccc2c1Br. The van der Waals surface area contributed by atoms with Gasteiger partial charge in [-0.15, -0.1) is 0 Å². The molecule has 0 saturated carbocycles. The van der Waals surface area contributed by atoms with Gasteiger partial charge in [-0.2, -0.15) is 0 Å². The van der Waals surface area contributed by atoms with E-state index in [1.807, 2.05) is 72.8 Å². The molecule has 0 bridgehead atoms. The first-order valence-corrected chi connectivity index (χ1v) is 11.5. The fourth-order valence-electron chi connectivity index (χ4n) is 3.35. The maximum absolute atomic E-state index is 12.3. The van der Waals surface area contributed by atoms with Crippen LogP contribution in [-0.2, 0) is 9.59 Å². The Morgan fingerprint density at radius 2 is 1.50 bits per heavy atom. The van der Waals surface area contributed by atoms with Gasteiger partial charge in [0.1, 0.15) is 11.5 Å². The van der Waals surface area contributed by atoms with Crippen LogP contribution < -0.4 is 20.3 Å². The Hall–Kier alpha value is -3.84. The Bertz CT molecular complexity index is 1290. The summed E-state index contributed by atoms with van der Waals surface area (Å²) in [7, 11) is 0. The van der Waals surface area contributed by atoms with E-state index in [0.717, 1.165) is 26.4 Å². The van der Waals surface area contributed by atoms with Crippen LogP contribution in [0.2, 0.25) is 0 Å². The number of rotatable bonds is 7. The average molecular weight is 519 g/mol. The van der Waals surface area contributed by atoms with Crippen LogP contribution in [0, 0.1) is 0 Å². The lowest BCUT2D eigenvalue weighted by molar-refractivity contribution is -0.133. The van der Waals surface area contributed by atoms with Crippen molar-refractivity contribution >= 4 is 38.5 Å². The fraction of sp³-hybridized carbons (Fsp3) is 0.111. The van der Waals surface area contributed by atoms with Crippen molar-refractivity contribution in [3.05, 3.63) is 95.5 Å². The zero-order valence-electron chi connectivity index (χ0n) is 18.5. The highest BCUT2D eigenvalue weighted by Gasteiger charge is 2.16. The summed E-state index contributed by atoms with van der Waals surface area (Å²) in [5.41, 5.74) is 6.86. The van der Waals surface area contributed by atoms with Crippen LogP contribution >= 0.6 is 15.9 Å². The number of ether oxygens (including phenoxy) is 2. The van der Waals surface area contributed by atoms with Crippen LogP contribution in [0.15, 0.2) is 95.5 Å². The van der Waals surface area contributed by atoms with E-state index in [2.05, 4.69) is 26.8 Å². The highest BCUT2D eigenvalue weighted by molar-refractivity contribution is 9.10. The van der Waals surface area contributed by atoms with Gasteiger partial charge < -0.3 is 9.47 Å². The number of hydrogen-bond acceptors (Lipinski definition) is 4. The van der Waals surface area contributed by atoms with Crippen LogP contribution in [0.4, 0.5) is 0 Å². The normalized spacial score (nSPS) is 11.5. The third kappa shape index (κ3) is 5.74. The molecule has 0 aliphatic heterocycles. The first-order valence-electron chi connectivity index (χ1n) is 10.7. The van der Waals surface area contributed by atoms with Crippen molar-refractivity contribution in [2.75, 3.05) is 6.61 Å². The maximum Gasteiger partial charge on any atom is 0.279 e. The third-order valence-electron chi connectivity index (χ3n) is 5.16.